The number of amides is 1. The van der Waals surface area contributed by atoms with Gasteiger partial charge >= 0.3 is 0 Å². The SMILES string of the molecule is CSCCNC(=NCC(=O)N(C)C)NCC1(C)CCCS1. The Bertz CT molecular complexity index is 355. The summed E-state index contributed by atoms with van der Waals surface area (Å²) in [4.78, 5) is 17.6. The monoisotopic (exact) mass is 332 g/mol. The summed E-state index contributed by atoms with van der Waals surface area (Å²) in [6.45, 7) is 4.22. The molecule has 5 nitrogen and oxygen atoms in total. The van der Waals surface area contributed by atoms with E-state index in [1.165, 1.54) is 18.6 Å². The van der Waals surface area contributed by atoms with Crippen molar-refractivity contribution in [2.45, 2.75) is 24.5 Å². The molecular weight excluding hydrogens is 304 g/mol. The van der Waals surface area contributed by atoms with Crippen LogP contribution in [0.2, 0.25) is 0 Å². The number of nitrogens with one attached hydrogen (secondary N) is 2. The Labute approximate surface area is 137 Å². The maximum atomic E-state index is 11.7. The van der Waals surface area contributed by atoms with Gasteiger partial charge in [0.15, 0.2) is 5.96 Å². The maximum absolute atomic E-state index is 11.7. The van der Waals surface area contributed by atoms with E-state index in [1.807, 2.05) is 11.8 Å². The molecule has 0 aliphatic carbocycles. The van der Waals surface area contributed by atoms with Crippen LogP contribution in [0.25, 0.3) is 0 Å². The van der Waals surface area contributed by atoms with Gasteiger partial charge in [-0.25, -0.2) is 4.99 Å². The van der Waals surface area contributed by atoms with Crippen LogP contribution in [0, 0.1) is 0 Å². The van der Waals surface area contributed by atoms with E-state index in [4.69, 9.17) is 0 Å². The van der Waals surface area contributed by atoms with Gasteiger partial charge in [0.25, 0.3) is 0 Å². The fraction of sp³-hybridized carbons (Fsp3) is 0.857. The first-order chi connectivity index (χ1) is 9.97. The van der Waals surface area contributed by atoms with E-state index in [0.29, 0.717) is 0 Å². The molecule has 1 heterocycles. The minimum absolute atomic E-state index is 0.0161. The highest BCUT2D eigenvalue weighted by Crippen LogP contribution is 2.36. The molecule has 0 saturated carbocycles. The fourth-order valence-corrected chi connectivity index (χ4v) is 3.53. The second-order valence-electron chi connectivity index (χ2n) is 5.63. The summed E-state index contributed by atoms with van der Waals surface area (Å²) in [6, 6.07) is 0. The van der Waals surface area contributed by atoms with Crippen LogP contribution in [0.3, 0.4) is 0 Å². The molecule has 21 heavy (non-hydrogen) atoms. The molecule has 1 aliphatic rings. The average Bonchev–Trinajstić information content (AvgIpc) is 2.88. The molecule has 1 fully saturated rings. The molecule has 122 valence electrons. The molecule has 7 heteroatoms. The van der Waals surface area contributed by atoms with Crippen molar-refractivity contribution in [3.8, 4) is 0 Å². The second-order valence-corrected chi connectivity index (χ2v) is 8.30. The van der Waals surface area contributed by atoms with Crippen LogP contribution in [0.5, 0.6) is 0 Å². The van der Waals surface area contributed by atoms with Crippen LogP contribution >= 0.6 is 23.5 Å². The van der Waals surface area contributed by atoms with E-state index in [-0.39, 0.29) is 17.2 Å². The minimum Gasteiger partial charge on any atom is -0.356 e. The predicted octanol–water partition coefficient (Wildman–Crippen LogP) is 1.26. The molecule has 1 rings (SSSR count). The number of guanidine groups is 1. The first kappa shape index (κ1) is 18.5. The highest BCUT2D eigenvalue weighted by atomic mass is 32.2. The van der Waals surface area contributed by atoms with E-state index >= 15 is 0 Å². The number of carbonyl (C=O) groups excluding carboxylic acids is 1. The third kappa shape index (κ3) is 7.31. The highest BCUT2D eigenvalue weighted by Gasteiger charge is 2.29. The molecule has 0 radical (unpaired) electrons. The summed E-state index contributed by atoms with van der Waals surface area (Å²) in [5.41, 5.74) is 0. The Kier molecular flexibility index (Phi) is 8.33. The smallest absolute Gasteiger partial charge is 0.243 e. The van der Waals surface area contributed by atoms with Gasteiger partial charge in [-0.2, -0.15) is 23.5 Å². The summed E-state index contributed by atoms with van der Waals surface area (Å²) in [6.07, 6.45) is 4.60. The lowest BCUT2D eigenvalue weighted by atomic mass is 10.1. The third-order valence-electron chi connectivity index (χ3n) is 3.40. The lowest BCUT2D eigenvalue weighted by molar-refractivity contribution is -0.127. The van der Waals surface area contributed by atoms with Crippen LogP contribution in [-0.2, 0) is 4.79 Å². The standard InChI is InChI=1S/C14H28N4OS2/c1-14(6-5-8-21-14)11-17-13(15-7-9-20-4)16-10-12(19)18(2)3/h5-11H2,1-4H3,(H2,15,16,17). The molecule has 0 bridgehead atoms. The second kappa shape index (κ2) is 9.46. The maximum Gasteiger partial charge on any atom is 0.243 e. The molecule has 0 spiro atoms. The number of nitrogens with zero attached hydrogens (tertiary/aromatic N) is 2. The molecule has 0 aromatic carbocycles. The van der Waals surface area contributed by atoms with E-state index in [2.05, 4.69) is 28.8 Å². The van der Waals surface area contributed by atoms with Gasteiger partial charge in [0.2, 0.25) is 5.91 Å². The average molecular weight is 333 g/mol. The summed E-state index contributed by atoms with van der Waals surface area (Å²) in [7, 11) is 3.50. The lowest BCUT2D eigenvalue weighted by Crippen LogP contribution is -2.44. The third-order valence-corrected chi connectivity index (χ3v) is 5.55. The zero-order valence-electron chi connectivity index (χ0n) is 13.6. The van der Waals surface area contributed by atoms with Gasteiger partial charge in [-0.15, -0.1) is 0 Å². The molecule has 1 saturated heterocycles. The van der Waals surface area contributed by atoms with E-state index in [0.717, 1.165) is 24.8 Å². The van der Waals surface area contributed by atoms with Gasteiger partial charge in [-0.1, -0.05) is 0 Å². The molecular formula is C14H28N4OS2. The normalized spacial score (nSPS) is 22.2. The number of thioether (sulfide) groups is 2. The molecule has 2 N–H and O–H groups in total. The molecule has 1 unspecified atom stereocenters. The lowest BCUT2D eigenvalue weighted by Gasteiger charge is -2.24. The predicted molar refractivity (Wildman–Crippen MR) is 95.5 cm³/mol. The van der Waals surface area contributed by atoms with Crippen molar-refractivity contribution >= 4 is 35.4 Å². The number of hydrogen-bond donors (Lipinski definition) is 2. The van der Waals surface area contributed by atoms with Gasteiger partial charge < -0.3 is 15.5 Å². The highest BCUT2D eigenvalue weighted by molar-refractivity contribution is 8.00. The summed E-state index contributed by atoms with van der Waals surface area (Å²) < 4.78 is 0.285. The molecule has 0 aromatic heterocycles. The van der Waals surface area contributed by atoms with Gasteiger partial charge in [-0.05, 0) is 31.8 Å². The van der Waals surface area contributed by atoms with Crippen molar-refractivity contribution < 1.29 is 4.79 Å². The minimum atomic E-state index is 0.0161. The Morgan fingerprint density at radius 3 is 2.76 bits per heavy atom. The van der Waals surface area contributed by atoms with Crippen LogP contribution in [-0.4, -0.2) is 73.0 Å². The number of rotatable bonds is 7. The Morgan fingerprint density at radius 1 is 1.43 bits per heavy atom. The summed E-state index contributed by atoms with van der Waals surface area (Å²) >= 11 is 3.81. The number of likely N-dealkylation sites (N-methyl/N-ethyl adjacent to an activating group) is 1. The number of carbonyl (C=O) groups is 1. The first-order valence-electron chi connectivity index (χ1n) is 7.32. The quantitative estimate of drug-likeness (QED) is 0.418. The van der Waals surface area contributed by atoms with Crippen molar-refractivity contribution in [3.63, 3.8) is 0 Å². The van der Waals surface area contributed by atoms with Crippen LogP contribution in [0.1, 0.15) is 19.8 Å². The van der Waals surface area contributed by atoms with E-state index in [9.17, 15) is 4.79 Å². The number of hydrogen-bond acceptors (Lipinski definition) is 4. The Morgan fingerprint density at radius 2 is 2.19 bits per heavy atom. The molecule has 1 atom stereocenters. The van der Waals surface area contributed by atoms with E-state index in [1.54, 1.807) is 30.8 Å². The van der Waals surface area contributed by atoms with Crippen molar-refractivity contribution in [1.29, 1.82) is 0 Å². The zero-order valence-corrected chi connectivity index (χ0v) is 15.2. The van der Waals surface area contributed by atoms with Gasteiger partial charge in [-0.3, -0.25) is 4.79 Å². The largest absolute Gasteiger partial charge is 0.356 e. The Hall–Kier alpha value is -0.560. The Balaban J connectivity index is 2.50. The fourth-order valence-electron chi connectivity index (χ4n) is 1.98. The first-order valence-corrected chi connectivity index (χ1v) is 9.70. The van der Waals surface area contributed by atoms with Gasteiger partial charge in [0.05, 0.1) is 0 Å². The topological polar surface area (TPSA) is 56.7 Å². The summed E-state index contributed by atoms with van der Waals surface area (Å²) in [5.74, 6) is 3.02. The molecule has 0 aromatic rings. The zero-order chi connectivity index (χ0) is 15.7. The van der Waals surface area contributed by atoms with Crippen molar-refractivity contribution in [1.82, 2.24) is 15.5 Å². The van der Waals surface area contributed by atoms with Gasteiger partial charge in [0, 0.05) is 37.7 Å². The molecule has 1 aliphatic heterocycles. The van der Waals surface area contributed by atoms with Gasteiger partial charge in [0.1, 0.15) is 6.54 Å². The van der Waals surface area contributed by atoms with Crippen molar-refractivity contribution in [2.75, 3.05) is 51.5 Å². The molecule has 1 amide bonds. The van der Waals surface area contributed by atoms with Crippen LogP contribution in [0.15, 0.2) is 4.99 Å². The van der Waals surface area contributed by atoms with Crippen molar-refractivity contribution in [3.05, 3.63) is 0 Å². The number of aliphatic imine (C=N–C) groups is 1. The van der Waals surface area contributed by atoms with Crippen molar-refractivity contribution in [2.24, 2.45) is 4.99 Å². The van der Waals surface area contributed by atoms with E-state index < -0.39 is 0 Å². The van der Waals surface area contributed by atoms with Crippen LogP contribution in [0.4, 0.5) is 0 Å². The van der Waals surface area contributed by atoms with Crippen LogP contribution < -0.4 is 10.6 Å². The summed E-state index contributed by atoms with van der Waals surface area (Å²) in [5, 5.41) is 6.69.